The van der Waals surface area contributed by atoms with Gasteiger partial charge in [0.2, 0.25) is 0 Å². The fourth-order valence-corrected chi connectivity index (χ4v) is 2.42. The zero-order chi connectivity index (χ0) is 13.5. The molecule has 18 heavy (non-hydrogen) atoms. The molecule has 1 heteroatoms. The van der Waals surface area contributed by atoms with Crippen LogP contribution in [0.2, 0.25) is 0 Å². The molecule has 1 atom stereocenters. The third kappa shape index (κ3) is 4.45. The Hall–Kier alpha value is -0.820. The standard InChI is InChI=1S/C17H29N/c1-6-10-18-17(7-2)9-8-16-12-14(4)13(3)11-15(16)5/h11-12,17-18H,6-10H2,1-5H3. The van der Waals surface area contributed by atoms with Gasteiger partial charge in [-0.2, -0.15) is 0 Å². The van der Waals surface area contributed by atoms with E-state index in [4.69, 9.17) is 0 Å². The SMILES string of the molecule is CCCNC(CC)CCc1cc(C)c(C)cc1C. The summed E-state index contributed by atoms with van der Waals surface area (Å²) in [7, 11) is 0. The molecule has 0 fully saturated rings. The van der Waals surface area contributed by atoms with Crippen LogP contribution in [0.1, 0.15) is 55.4 Å². The summed E-state index contributed by atoms with van der Waals surface area (Å²) >= 11 is 0. The van der Waals surface area contributed by atoms with Crippen LogP contribution in [0.25, 0.3) is 0 Å². The molecule has 0 aliphatic carbocycles. The minimum absolute atomic E-state index is 0.672. The first-order valence-electron chi connectivity index (χ1n) is 7.38. The summed E-state index contributed by atoms with van der Waals surface area (Å²) in [6.07, 6.45) is 4.89. The Balaban J connectivity index is 2.59. The molecule has 1 nitrogen and oxygen atoms in total. The minimum Gasteiger partial charge on any atom is -0.314 e. The van der Waals surface area contributed by atoms with Crippen LogP contribution >= 0.6 is 0 Å². The highest BCUT2D eigenvalue weighted by Gasteiger charge is 2.07. The summed E-state index contributed by atoms with van der Waals surface area (Å²) in [5.74, 6) is 0. The predicted octanol–water partition coefficient (Wildman–Crippen LogP) is 4.32. The van der Waals surface area contributed by atoms with E-state index in [0.717, 1.165) is 6.54 Å². The van der Waals surface area contributed by atoms with Gasteiger partial charge in [-0.1, -0.05) is 26.0 Å². The molecule has 0 aliphatic rings. The third-order valence-corrected chi connectivity index (χ3v) is 3.89. The van der Waals surface area contributed by atoms with Crippen LogP contribution in [0.3, 0.4) is 0 Å². The van der Waals surface area contributed by atoms with Crippen LogP contribution in [-0.4, -0.2) is 12.6 Å². The van der Waals surface area contributed by atoms with Gasteiger partial charge in [0.25, 0.3) is 0 Å². The highest BCUT2D eigenvalue weighted by atomic mass is 14.9. The average Bonchev–Trinajstić information content (AvgIpc) is 2.35. The molecule has 1 aromatic carbocycles. The fourth-order valence-electron chi connectivity index (χ4n) is 2.42. The molecule has 1 aromatic rings. The van der Waals surface area contributed by atoms with Gasteiger partial charge in [0.05, 0.1) is 0 Å². The highest BCUT2D eigenvalue weighted by Crippen LogP contribution is 2.17. The van der Waals surface area contributed by atoms with Crippen LogP contribution in [-0.2, 0) is 6.42 Å². The van der Waals surface area contributed by atoms with Crippen molar-refractivity contribution in [1.82, 2.24) is 5.32 Å². The first-order valence-corrected chi connectivity index (χ1v) is 7.38. The van der Waals surface area contributed by atoms with Crippen molar-refractivity contribution in [3.63, 3.8) is 0 Å². The number of aryl methyl sites for hydroxylation is 4. The van der Waals surface area contributed by atoms with Crippen LogP contribution in [0.4, 0.5) is 0 Å². The van der Waals surface area contributed by atoms with Crippen molar-refractivity contribution in [3.8, 4) is 0 Å². The quantitative estimate of drug-likeness (QED) is 0.756. The van der Waals surface area contributed by atoms with Crippen molar-refractivity contribution in [2.24, 2.45) is 0 Å². The zero-order valence-corrected chi connectivity index (χ0v) is 12.8. The van der Waals surface area contributed by atoms with Gasteiger partial charge in [0.15, 0.2) is 0 Å². The molecule has 0 spiro atoms. The zero-order valence-electron chi connectivity index (χ0n) is 12.8. The molecule has 0 radical (unpaired) electrons. The summed E-state index contributed by atoms with van der Waals surface area (Å²) in [5.41, 5.74) is 5.80. The van der Waals surface area contributed by atoms with E-state index in [0.29, 0.717) is 6.04 Å². The average molecular weight is 247 g/mol. The Labute approximate surface area is 113 Å². The van der Waals surface area contributed by atoms with Crippen LogP contribution < -0.4 is 5.32 Å². The Kier molecular flexibility index (Phi) is 6.42. The van der Waals surface area contributed by atoms with E-state index in [2.05, 4.69) is 52.1 Å². The lowest BCUT2D eigenvalue weighted by Crippen LogP contribution is -2.29. The maximum Gasteiger partial charge on any atom is 0.00676 e. The summed E-state index contributed by atoms with van der Waals surface area (Å²) in [6.45, 7) is 12.3. The van der Waals surface area contributed by atoms with Crippen molar-refractivity contribution in [3.05, 3.63) is 34.4 Å². The van der Waals surface area contributed by atoms with E-state index in [1.165, 1.54) is 47.9 Å². The molecule has 102 valence electrons. The summed E-state index contributed by atoms with van der Waals surface area (Å²) < 4.78 is 0. The first-order chi connectivity index (χ1) is 8.58. The van der Waals surface area contributed by atoms with Crippen molar-refractivity contribution < 1.29 is 0 Å². The second-order valence-corrected chi connectivity index (χ2v) is 5.46. The summed E-state index contributed by atoms with van der Waals surface area (Å²) in [5, 5.41) is 3.63. The maximum absolute atomic E-state index is 3.63. The van der Waals surface area contributed by atoms with E-state index < -0.39 is 0 Å². The molecule has 1 unspecified atom stereocenters. The lowest BCUT2D eigenvalue weighted by Gasteiger charge is -2.17. The highest BCUT2D eigenvalue weighted by molar-refractivity contribution is 5.36. The number of benzene rings is 1. The van der Waals surface area contributed by atoms with Crippen LogP contribution in [0.5, 0.6) is 0 Å². The van der Waals surface area contributed by atoms with E-state index >= 15 is 0 Å². The normalized spacial score (nSPS) is 12.7. The van der Waals surface area contributed by atoms with E-state index in [1.54, 1.807) is 0 Å². The minimum atomic E-state index is 0.672. The Bertz CT molecular complexity index is 368. The van der Waals surface area contributed by atoms with Crippen LogP contribution in [0.15, 0.2) is 12.1 Å². The second-order valence-electron chi connectivity index (χ2n) is 5.46. The topological polar surface area (TPSA) is 12.0 Å². The molecule has 0 saturated heterocycles. The number of hydrogen-bond donors (Lipinski definition) is 1. The van der Waals surface area contributed by atoms with E-state index in [-0.39, 0.29) is 0 Å². The van der Waals surface area contributed by atoms with Gasteiger partial charge in [-0.3, -0.25) is 0 Å². The maximum atomic E-state index is 3.63. The van der Waals surface area contributed by atoms with Gasteiger partial charge in [0.1, 0.15) is 0 Å². The van der Waals surface area contributed by atoms with Gasteiger partial charge in [-0.25, -0.2) is 0 Å². The molecule has 0 amide bonds. The fraction of sp³-hybridized carbons (Fsp3) is 0.647. The van der Waals surface area contributed by atoms with Gasteiger partial charge in [-0.15, -0.1) is 0 Å². The molecule has 0 aliphatic heterocycles. The third-order valence-electron chi connectivity index (χ3n) is 3.89. The lowest BCUT2D eigenvalue weighted by molar-refractivity contribution is 0.468. The largest absolute Gasteiger partial charge is 0.314 e. The molecule has 1 rings (SSSR count). The molecule has 0 bridgehead atoms. The van der Waals surface area contributed by atoms with Crippen molar-refractivity contribution in [2.75, 3.05) is 6.54 Å². The van der Waals surface area contributed by atoms with Gasteiger partial charge < -0.3 is 5.32 Å². The van der Waals surface area contributed by atoms with E-state index in [9.17, 15) is 0 Å². The molecular formula is C17H29N. The van der Waals surface area contributed by atoms with E-state index in [1.807, 2.05) is 0 Å². The summed E-state index contributed by atoms with van der Waals surface area (Å²) in [6, 6.07) is 5.37. The molecule has 0 heterocycles. The van der Waals surface area contributed by atoms with Crippen molar-refractivity contribution >= 4 is 0 Å². The number of nitrogens with one attached hydrogen (secondary N) is 1. The Morgan fingerprint density at radius 1 is 1.00 bits per heavy atom. The Morgan fingerprint density at radius 3 is 2.28 bits per heavy atom. The lowest BCUT2D eigenvalue weighted by atomic mass is 9.95. The smallest absolute Gasteiger partial charge is 0.00676 e. The van der Waals surface area contributed by atoms with Gasteiger partial charge in [-0.05, 0) is 75.3 Å². The molecule has 0 saturated carbocycles. The number of hydrogen-bond acceptors (Lipinski definition) is 1. The number of rotatable bonds is 7. The van der Waals surface area contributed by atoms with Crippen LogP contribution in [0, 0.1) is 20.8 Å². The van der Waals surface area contributed by atoms with Gasteiger partial charge >= 0.3 is 0 Å². The molecule has 1 N–H and O–H groups in total. The Morgan fingerprint density at radius 2 is 1.67 bits per heavy atom. The first kappa shape index (κ1) is 15.2. The van der Waals surface area contributed by atoms with Crippen molar-refractivity contribution in [2.45, 2.75) is 66.3 Å². The second kappa shape index (κ2) is 7.58. The monoisotopic (exact) mass is 247 g/mol. The molecular weight excluding hydrogens is 218 g/mol. The van der Waals surface area contributed by atoms with Gasteiger partial charge in [0, 0.05) is 6.04 Å². The molecule has 0 aromatic heterocycles. The predicted molar refractivity (Wildman–Crippen MR) is 81.3 cm³/mol. The summed E-state index contributed by atoms with van der Waals surface area (Å²) in [4.78, 5) is 0. The van der Waals surface area contributed by atoms with Crippen molar-refractivity contribution in [1.29, 1.82) is 0 Å².